The highest BCUT2D eigenvalue weighted by atomic mass is 16.4. The van der Waals surface area contributed by atoms with Gasteiger partial charge in [0.1, 0.15) is 6.04 Å². The molecule has 142 valence electrons. The Morgan fingerprint density at radius 2 is 1.71 bits per heavy atom. The van der Waals surface area contributed by atoms with E-state index in [1.807, 2.05) is 36.4 Å². The van der Waals surface area contributed by atoms with Crippen LogP contribution in [0.1, 0.15) is 30.1 Å². The average molecular weight is 372 g/mol. The maximum atomic E-state index is 11.8. The second kappa shape index (κ2) is 8.36. The molecule has 1 aliphatic rings. The van der Waals surface area contributed by atoms with Gasteiger partial charge in [0.05, 0.1) is 0 Å². The minimum atomic E-state index is -0.732. The van der Waals surface area contributed by atoms with E-state index in [0.717, 1.165) is 29.8 Å². The number of aliphatic carboxylic acids is 1. The van der Waals surface area contributed by atoms with Crippen LogP contribution in [0.4, 0.5) is 0 Å². The summed E-state index contributed by atoms with van der Waals surface area (Å²) < 4.78 is 0. The normalized spacial score (nSPS) is 18.1. The Morgan fingerprint density at radius 3 is 2.39 bits per heavy atom. The maximum absolute atomic E-state index is 11.8. The Bertz CT molecular complexity index is 910. The molecule has 0 bridgehead atoms. The van der Waals surface area contributed by atoms with Crippen molar-refractivity contribution < 1.29 is 9.90 Å². The van der Waals surface area contributed by atoms with Crippen molar-refractivity contribution in [3.8, 4) is 11.1 Å². The van der Waals surface area contributed by atoms with Gasteiger partial charge in [0.25, 0.3) is 0 Å². The van der Waals surface area contributed by atoms with E-state index < -0.39 is 12.0 Å². The zero-order chi connectivity index (χ0) is 19.3. The van der Waals surface area contributed by atoms with E-state index in [1.165, 1.54) is 5.56 Å². The van der Waals surface area contributed by atoms with Crippen molar-refractivity contribution in [1.82, 2.24) is 9.88 Å². The SMILES string of the molecule is O=C(O)C1CCCN1C(Cc1ccccn1)c1ccc(-c2ccccc2)cc1. The van der Waals surface area contributed by atoms with Gasteiger partial charge in [-0.15, -0.1) is 0 Å². The number of carboxylic acid groups (broad SMARTS) is 1. The summed E-state index contributed by atoms with van der Waals surface area (Å²) in [6.07, 6.45) is 4.12. The second-order valence-corrected chi connectivity index (χ2v) is 7.26. The number of rotatable bonds is 6. The Balaban J connectivity index is 1.65. The van der Waals surface area contributed by atoms with Gasteiger partial charge in [-0.1, -0.05) is 60.7 Å². The van der Waals surface area contributed by atoms with Gasteiger partial charge in [-0.2, -0.15) is 0 Å². The van der Waals surface area contributed by atoms with E-state index >= 15 is 0 Å². The fraction of sp³-hybridized carbons (Fsp3) is 0.250. The van der Waals surface area contributed by atoms with Crippen molar-refractivity contribution in [3.63, 3.8) is 0 Å². The highest BCUT2D eigenvalue weighted by Gasteiger charge is 2.36. The molecule has 1 aromatic heterocycles. The predicted molar refractivity (Wildman–Crippen MR) is 110 cm³/mol. The Morgan fingerprint density at radius 1 is 1.00 bits per heavy atom. The molecule has 0 radical (unpaired) electrons. The number of carboxylic acids is 1. The summed E-state index contributed by atoms with van der Waals surface area (Å²) in [6, 6.07) is 24.3. The first-order valence-electron chi connectivity index (χ1n) is 9.76. The molecule has 0 aliphatic carbocycles. The number of likely N-dealkylation sites (tertiary alicyclic amines) is 1. The van der Waals surface area contributed by atoms with Crippen LogP contribution < -0.4 is 0 Å². The van der Waals surface area contributed by atoms with Gasteiger partial charge >= 0.3 is 5.97 Å². The topological polar surface area (TPSA) is 53.4 Å². The zero-order valence-electron chi connectivity index (χ0n) is 15.7. The lowest BCUT2D eigenvalue weighted by Crippen LogP contribution is -2.39. The van der Waals surface area contributed by atoms with Gasteiger partial charge in [0.15, 0.2) is 0 Å². The third-order valence-electron chi connectivity index (χ3n) is 5.51. The minimum Gasteiger partial charge on any atom is -0.480 e. The molecule has 2 heterocycles. The molecule has 0 saturated carbocycles. The molecule has 4 heteroatoms. The van der Waals surface area contributed by atoms with Crippen LogP contribution in [0.25, 0.3) is 11.1 Å². The first-order valence-corrected chi connectivity index (χ1v) is 9.76. The van der Waals surface area contributed by atoms with Crippen LogP contribution >= 0.6 is 0 Å². The van der Waals surface area contributed by atoms with Crippen LogP contribution in [0.5, 0.6) is 0 Å². The number of hydrogen-bond acceptors (Lipinski definition) is 3. The summed E-state index contributed by atoms with van der Waals surface area (Å²) in [4.78, 5) is 18.4. The van der Waals surface area contributed by atoms with Crippen molar-refractivity contribution in [3.05, 3.63) is 90.3 Å². The molecule has 2 unspecified atom stereocenters. The van der Waals surface area contributed by atoms with Crippen LogP contribution in [0.2, 0.25) is 0 Å². The molecular formula is C24H24N2O2. The number of nitrogens with zero attached hydrogens (tertiary/aromatic N) is 2. The molecule has 3 aromatic rings. The molecule has 0 spiro atoms. The first kappa shape index (κ1) is 18.4. The second-order valence-electron chi connectivity index (χ2n) is 7.26. The molecule has 1 fully saturated rings. The first-order chi connectivity index (χ1) is 13.7. The van der Waals surface area contributed by atoms with E-state index in [9.17, 15) is 9.90 Å². The standard InChI is InChI=1S/C24H24N2O2/c27-24(28)22-10-6-16-26(22)23(17-21-9-4-5-15-25-21)20-13-11-19(12-14-20)18-7-2-1-3-8-18/h1-5,7-9,11-15,22-23H,6,10,16-17H2,(H,27,28). The molecule has 1 aliphatic heterocycles. The lowest BCUT2D eigenvalue weighted by Gasteiger charge is -2.31. The van der Waals surface area contributed by atoms with Crippen molar-refractivity contribution >= 4 is 5.97 Å². The lowest BCUT2D eigenvalue weighted by atomic mass is 9.96. The van der Waals surface area contributed by atoms with E-state index in [1.54, 1.807) is 6.20 Å². The van der Waals surface area contributed by atoms with Crippen LogP contribution in [0, 0.1) is 0 Å². The third-order valence-corrected chi connectivity index (χ3v) is 5.51. The van der Waals surface area contributed by atoms with Gasteiger partial charge in [-0.3, -0.25) is 14.7 Å². The van der Waals surface area contributed by atoms with Gasteiger partial charge in [-0.05, 0) is 48.2 Å². The largest absolute Gasteiger partial charge is 0.480 e. The van der Waals surface area contributed by atoms with Crippen LogP contribution in [-0.4, -0.2) is 33.5 Å². The molecule has 2 aromatic carbocycles. The van der Waals surface area contributed by atoms with Crippen LogP contribution in [0.3, 0.4) is 0 Å². The zero-order valence-corrected chi connectivity index (χ0v) is 15.7. The van der Waals surface area contributed by atoms with Crippen LogP contribution in [-0.2, 0) is 11.2 Å². The lowest BCUT2D eigenvalue weighted by molar-refractivity contribution is -0.143. The summed E-state index contributed by atoms with van der Waals surface area (Å²) >= 11 is 0. The molecule has 28 heavy (non-hydrogen) atoms. The summed E-state index contributed by atoms with van der Waals surface area (Å²) in [5.74, 6) is -0.732. The van der Waals surface area contributed by atoms with Crippen molar-refractivity contribution in [2.75, 3.05) is 6.54 Å². The number of aromatic nitrogens is 1. The summed E-state index contributed by atoms with van der Waals surface area (Å²) in [5, 5.41) is 9.68. The smallest absolute Gasteiger partial charge is 0.320 e. The summed E-state index contributed by atoms with van der Waals surface area (Å²) in [7, 11) is 0. The van der Waals surface area contributed by atoms with E-state index in [2.05, 4.69) is 46.3 Å². The maximum Gasteiger partial charge on any atom is 0.320 e. The molecule has 4 rings (SSSR count). The summed E-state index contributed by atoms with van der Waals surface area (Å²) in [5.41, 5.74) is 4.46. The number of pyridine rings is 1. The molecule has 1 N–H and O–H groups in total. The number of carbonyl (C=O) groups is 1. The van der Waals surface area contributed by atoms with Crippen molar-refractivity contribution in [1.29, 1.82) is 0 Å². The fourth-order valence-corrected chi connectivity index (χ4v) is 4.10. The van der Waals surface area contributed by atoms with E-state index in [0.29, 0.717) is 12.8 Å². The molecular weight excluding hydrogens is 348 g/mol. The predicted octanol–water partition coefficient (Wildman–Crippen LogP) is 4.58. The third kappa shape index (κ3) is 3.97. The Kier molecular flexibility index (Phi) is 5.49. The average Bonchev–Trinajstić information content (AvgIpc) is 3.24. The fourth-order valence-electron chi connectivity index (χ4n) is 4.10. The number of benzene rings is 2. The van der Waals surface area contributed by atoms with Crippen molar-refractivity contribution in [2.45, 2.75) is 31.3 Å². The van der Waals surface area contributed by atoms with Crippen LogP contribution in [0.15, 0.2) is 79.0 Å². The molecule has 2 atom stereocenters. The Labute approximate surface area is 165 Å². The van der Waals surface area contributed by atoms with Gasteiger partial charge < -0.3 is 5.11 Å². The number of hydrogen-bond donors (Lipinski definition) is 1. The quantitative estimate of drug-likeness (QED) is 0.688. The highest BCUT2D eigenvalue weighted by molar-refractivity contribution is 5.74. The Hall–Kier alpha value is -2.98. The molecule has 4 nitrogen and oxygen atoms in total. The molecule has 0 amide bonds. The van der Waals surface area contributed by atoms with Gasteiger partial charge in [-0.25, -0.2) is 0 Å². The molecule has 1 saturated heterocycles. The summed E-state index contributed by atoms with van der Waals surface area (Å²) in [6.45, 7) is 0.800. The highest BCUT2D eigenvalue weighted by Crippen LogP contribution is 2.33. The van der Waals surface area contributed by atoms with Gasteiger partial charge in [0, 0.05) is 24.4 Å². The minimum absolute atomic E-state index is 0.00308. The van der Waals surface area contributed by atoms with Gasteiger partial charge in [0.2, 0.25) is 0 Å². The van der Waals surface area contributed by atoms with Crippen molar-refractivity contribution in [2.24, 2.45) is 0 Å². The monoisotopic (exact) mass is 372 g/mol. The van der Waals surface area contributed by atoms with E-state index in [-0.39, 0.29) is 6.04 Å². The van der Waals surface area contributed by atoms with E-state index in [4.69, 9.17) is 0 Å².